The molecule has 7 heteroatoms. The van der Waals surface area contributed by atoms with E-state index in [0.717, 1.165) is 24.0 Å². The van der Waals surface area contributed by atoms with Crippen LogP contribution in [0.1, 0.15) is 26.5 Å². The van der Waals surface area contributed by atoms with Gasteiger partial charge < -0.3 is 4.74 Å². The van der Waals surface area contributed by atoms with Gasteiger partial charge in [0.25, 0.3) is 0 Å². The first kappa shape index (κ1) is 15.8. The highest BCUT2D eigenvalue weighted by atomic mass is 32.2. The number of halogens is 3. The van der Waals surface area contributed by atoms with Gasteiger partial charge in [-0.1, -0.05) is 0 Å². The minimum atomic E-state index is -4.46. The second-order valence-corrected chi connectivity index (χ2v) is 5.91. The largest absolute Gasteiger partial charge is 0.465 e. The Hall–Kier alpha value is -1.24. The fourth-order valence-electron chi connectivity index (χ4n) is 1.25. The molecule has 1 aromatic rings. The molecule has 106 valence electrons. The zero-order chi connectivity index (χ0) is 14.7. The molecule has 0 aromatic carbocycles. The molecule has 0 unspecified atom stereocenters. The summed E-state index contributed by atoms with van der Waals surface area (Å²) in [5, 5.41) is 0. The lowest BCUT2D eigenvalue weighted by Crippen LogP contribution is -2.29. The maximum absolute atomic E-state index is 12.3. The number of nitrogens with zero attached hydrogens (tertiary/aromatic N) is 1. The molecule has 0 saturated carbocycles. The molecule has 0 spiro atoms. The minimum absolute atomic E-state index is 0.258. The van der Waals surface area contributed by atoms with Gasteiger partial charge in [0.05, 0.1) is 6.61 Å². The molecule has 0 aliphatic carbocycles. The molecule has 0 bridgehead atoms. The summed E-state index contributed by atoms with van der Waals surface area (Å²) in [6.07, 6.45) is -3.35. The normalized spacial score (nSPS) is 12.3. The summed E-state index contributed by atoms with van der Waals surface area (Å²) in [7, 11) is 0. The highest BCUT2D eigenvalue weighted by Gasteiger charge is 2.33. The van der Waals surface area contributed by atoms with Crippen LogP contribution in [0.2, 0.25) is 0 Å². The quantitative estimate of drug-likeness (QED) is 0.629. The summed E-state index contributed by atoms with van der Waals surface area (Å²) in [6.45, 7) is 5.24. The lowest BCUT2D eigenvalue weighted by Gasteiger charge is -2.21. The van der Waals surface area contributed by atoms with E-state index in [1.807, 2.05) is 0 Å². The van der Waals surface area contributed by atoms with Gasteiger partial charge in [-0.25, -0.2) is 0 Å². The molecule has 0 aliphatic heterocycles. The zero-order valence-corrected chi connectivity index (χ0v) is 11.6. The third-order valence-corrected chi connectivity index (χ3v) is 3.32. The van der Waals surface area contributed by atoms with Gasteiger partial charge in [-0.2, -0.15) is 13.2 Å². The average molecular weight is 293 g/mol. The monoisotopic (exact) mass is 293 g/mol. The van der Waals surface area contributed by atoms with Gasteiger partial charge in [0.1, 0.15) is 10.4 Å². The van der Waals surface area contributed by atoms with Gasteiger partial charge in [0, 0.05) is 11.1 Å². The number of hydrogen-bond donors (Lipinski definition) is 0. The van der Waals surface area contributed by atoms with Crippen LogP contribution in [0, 0.1) is 0 Å². The summed E-state index contributed by atoms with van der Waals surface area (Å²) in [4.78, 5) is 15.5. The van der Waals surface area contributed by atoms with Crippen molar-refractivity contribution in [3.05, 3.63) is 24.0 Å². The zero-order valence-electron chi connectivity index (χ0n) is 10.7. The van der Waals surface area contributed by atoms with Crippen LogP contribution < -0.4 is 0 Å². The van der Waals surface area contributed by atoms with Crippen LogP contribution in [-0.2, 0) is 15.7 Å². The molecule has 1 heterocycles. The van der Waals surface area contributed by atoms with Crippen molar-refractivity contribution in [3.8, 4) is 0 Å². The van der Waals surface area contributed by atoms with Crippen LogP contribution in [0.25, 0.3) is 0 Å². The second kappa shape index (κ2) is 5.81. The van der Waals surface area contributed by atoms with Crippen molar-refractivity contribution < 1.29 is 22.7 Å². The molecule has 0 N–H and O–H groups in total. The minimum Gasteiger partial charge on any atom is -0.465 e. The van der Waals surface area contributed by atoms with E-state index >= 15 is 0 Å². The molecule has 19 heavy (non-hydrogen) atoms. The van der Waals surface area contributed by atoms with Crippen molar-refractivity contribution in [2.24, 2.45) is 0 Å². The smallest absolute Gasteiger partial charge is 0.433 e. The van der Waals surface area contributed by atoms with Crippen molar-refractivity contribution in [1.29, 1.82) is 0 Å². The van der Waals surface area contributed by atoms with E-state index in [9.17, 15) is 18.0 Å². The van der Waals surface area contributed by atoms with Crippen molar-refractivity contribution in [3.63, 3.8) is 0 Å². The standard InChI is InChI=1S/C12H14F3NO2S/c1-4-18-10(17)11(2,3)19-8-5-6-9(16-7-8)12(13,14)15/h5-7H,4H2,1-3H3. The number of thioether (sulfide) groups is 1. The summed E-state index contributed by atoms with van der Waals surface area (Å²) < 4.78 is 41.0. The van der Waals surface area contributed by atoms with E-state index in [2.05, 4.69) is 4.98 Å². The topological polar surface area (TPSA) is 39.2 Å². The third kappa shape index (κ3) is 4.41. The van der Waals surface area contributed by atoms with Gasteiger partial charge in [-0.05, 0) is 32.9 Å². The van der Waals surface area contributed by atoms with Crippen molar-refractivity contribution in [1.82, 2.24) is 4.98 Å². The third-order valence-electron chi connectivity index (χ3n) is 2.17. The lowest BCUT2D eigenvalue weighted by molar-refractivity contribution is -0.145. The Morgan fingerprint density at radius 1 is 1.37 bits per heavy atom. The molecule has 0 aliphatic rings. The molecule has 0 fully saturated rings. The number of pyridine rings is 1. The van der Waals surface area contributed by atoms with E-state index in [-0.39, 0.29) is 6.61 Å². The van der Waals surface area contributed by atoms with E-state index in [1.165, 1.54) is 6.07 Å². The molecule has 0 amide bonds. The van der Waals surface area contributed by atoms with Gasteiger partial charge in [-0.15, -0.1) is 11.8 Å². The van der Waals surface area contributed by atoms with Crippen LogP contribution in [0.3, 0.4) is 0 Å². The highest BCUT2D eigenvalue weighted by Crippen LogP contribution is 2.34. The molecular formula is C12H14F3NO2S. The van der Waals surface area contributed by atoms with Crippen LogP contribution >= 0.6 is 11.8 Å². The first-order chi connectivity index (χ1) is 8.66. The molecule has 0 saturated heterocycles. The fourth-order valence-corrected chi connectivity index (χ4v) is 2.22. The fraction of sp³-hybridized carbons (Fsp3) is 0.500. The van der Waals surface area contributed by atoms with E-state index in [0.29, 0.717) is 4.90 Å². The Kier molecular flexibility index (Phi) is 4.84. The number of ether oxygens (including phenoxy) is 1. The van der Waals surface area contributed by atoms with Crippen molar-refractivity contribution >= 4 is 17.7 Å². The Labute approximate surface area is 113 Å². The Bertz CT molecular complexity index is 443. The first-order valence-corrected chi connectivity index (χ1v) is 6.38. The van der Waals surface area contributed by atoms with Crippen LogP contribution in [0.15, 0.2) is 23.2 Å². The number of alkyl halides is 3. The predicted octanol–water partition coefficient (Wildman–Crippen LogP) is 3.53. The molecule has 3 nitrogen and oxygen atoms in total. The highest BCUT2D eigenvalue weighted by molar-refractivity contribution is 8.01. The molecule has 1 aromatic heterocycles. The number of carbonyl (C=O) groups excluding carboxylic acids is 1. The Morgan fingerprint density at radius 2 is 2.00 bits per heavy atom. The van der Waals surface area contributed by atoms with E-state index in [4.69, 9.17) is 4.74 Å². The van der Waals surface area contributed by atoms with Crippen LogP contribution in [0.5, 0.6) is 0 Å². The molecule has 1 rings (SSSR count). The van der Waals surface area contributed by atoms with Gasteiger partial charge in [0.15, 0.2) is 0 Å². The maximum Gasteiger partial charge on any atom is 0.433 e. The van der Waals surface area contributed by atoms with E-state index < -0.39 is 22.6 Å². The van der Waals surface area contributed by atoms with Gasteiger partial charge >= 0.3 is 12.1 Å². The number of hydrogen-bond acceptors (Lipinski definition) is 4. The maximum atomic E-state index is 12.3. The SMILES string of the molecule is CCOC(=O)C(C)(C)Sc1ccc(C(F)(F)F)nc1. The van der Waals surface area contributed by atoms with E-state index in [1.54, 1.807) is 20.8 Å². The van der Waals surface area contributed by atoms with Gasteiger partial charge in [0.2, 0.25) is 0 Å². The van der Waals surface area contributed by atoms with Crippen molar-refractivity contribution in [2.75, 3.05) is 6.61 Å². The molecule has 0 radical (unpaired) electrons. The van der Waals surface area contributed by atoms with Crippen LogP contribution in [0.4, 0.5) is 13.2 Å². The molecule has 0 atom stereocenters. The summed E-state index contributed by atoms with van der Waals surface area (Å²) in [5.74, 6) is -0.417. The molecular weight excluding hydrogens is 279 g/mol. The number of carbonyl (C=O) groups is 1. The number of aromatic nitrogens is 1. The van der Waals surface area contributed by atoms with Crippen molar-refractivity contribution in [2.45, 2.75) is 36.6 Å². The first-order valence-electron chi connectivity index (χ1n) is 5.56. The Morgan fingerprint density at radius 3 is 2.42 bits per heavy atom. The van der Waals surface area contributed by atoms with Gasteiger partial charge in [-0.3, -0.25) is 9.78 Å². The summed E-state index contributed by atoms with van der Waals surface area (Å²) in [6, 6.07) is 2.19. The lowest BCUT2D eigenvalue weighted by atomic mass is 10.2. The predicted molar refractivity (Wildman–Crippen MR) is 65.8 cm³/mol. The van der Waals surface area contributed by atoms with Crippen LogP contribution in [-0.4, -0.2) is 22.3 Å². The average Bonchev–Trinajstić information content (AvgIpc) is 2.28. The summed E-state index contributed by atoms with van der Waals surface area (Å²) in [5.41, 5.74) is -0.953. The second-order valence-electron chi connectivity index (χ2n) is 4.21. The summed E-state index contributed by atoms with van der Waals surface area (Å²) >= 11 is 1.11. The number of rotatable bonds is 4. The Balaban J connectivity index is 2.80. The number of esters is 1.